The quantitative estimate of drug-likeness (QED) is 0.207. The van der Waals surface area contributed by atoms with Crippen molar-refractivity contribution in [3.63, 3.8) is 0 Å². The maximum absolute atomic E-state index is 15.0. The second-order valence-corrected chi connectivity index (χ2v) is 20.5. The standard InChI is InChI=1S/C42H56IN5O10S/c1-6-26-21-42(26,39(51)47-59(53,54)28-15-16-28)46-37(49)30-19-27-22-48(30)38(50)34(24-12-9-8-10-13-24)45-40(52)57-23-41(3,4)17-11-14-25-18-29-31(58-27)20-32(56-7-2)44-35(29)33(43)36(25)55-5/h6,18,20,24,26-28,30,34H,1,7-17,19,21-23H2,2-5H3,(H,45,52)(H,46,49)(H,47,51)/t26-,27+,30-,34-,42?/m0/s1. The number of sulfonamides is 1. The first-order valence-electron chi connectivity index (χ1n) is 20.8. The molecular formula is C42H56IN5O10S. The van der Waals surface area contributed by atoms with Gasteiger partial charge in [0.05, 0.1) is 41.2 Å². The van der Waals surface area contributed by atoms with Crippen molar-refractivity contribution in [3.05, 3.63) is 33.9 Å². The summed E-state index contributed by atoms with van der Waals surface area (Å²) < 4.78 is 53.1. The van der Waals surface area contributed by atoms with Crippen LogP contribution in [0, 0.1) is 20.8 Å². The van der Waals surface area contributed by atoms with E-state index in [0.717, 1.165) is 46.6 Å². The number of carbonyl (C=O) groups is 4. The molecule has 5 atom stereocenters. The molecule has 2 aromatic rings. The Morgan fingerprint density at radius 1 is 1.14 bits per heavy atom. The number of alkyl carbamates (subject to hydrolysis) is 1. The number of hydrogen-bond acceptors (Lipinski definition) is 11. The summed E-state index contributed by atoms with van der Waals surface area (Å²) in [4.78, 5) is 63.1. The summed E-state index contributed by atoms with van der Waals surface area (Å²) >= 11 is 2.23. The number of carbonyl (C=O) groups excluding carboxylic acids is 4. The van der Waals surface area contributed by atoms with E-state index in [1.807, 2.05) is 26.8 Å². The van der Waals surface area contributed by atoms with Crippen LogP contribution in [0.25, 0.3) is 10.9 Å². The number of amides is 4. The van der Waals surface area contributed by atoms with Crippen molar-refractivity contribution in [3.8, 4) is 17.4 Å². The highest BCUT2D eigenvalue weighted by Crippen LogP contribution is 2.46. The number of benzene rings is 1. The van der Waals surface area contributed by atoms with E-state index in [1.54, 1.807) is 13.2 Å². The van der Waals surface area contributed by atoms with Gasteiger partial charge in [-0.15, -0.1) is 6.58 Å². The van der Waals surface area contributed by atoms with Gasteiger partial charge in [-0.2, -0.15) is 0 Å². The molecule has 1 aromatic heterocycles. The van der Waals surface area contributed by atoms with Gasteiger partial charge in [0.15, 0.2) is 0 Å². The van der Waals surface area contributed by atoms with E-state index >= 15 is 0 Å². The highest BCUT2D eigenvalue weighted by Gasteiger charge is 2.62. The van der Waals surface area contributed by atoms with Crippen LogP contribution in [0.2, 0.25) is 0 Å². The Morgan fingerprint density at radius 2 is 1.88 bits per heavy atom. The van der Waals surface area contributed by atoms with Gasteiger partial charge in [-0.25, -0.2) is 18.2 Å². The maximum Gasteiger partial charge on any atom is 0.407 e. The molecule has 0 spiro atoms. The third kappa shape index (κ3) is 9.25. The van der Waals surface area contributed by atoms with Gasteiger partial charge in [0, 0.05) is 23.8 Å². The van der Waals surface area contributed by atoms with E-state index in [-0.39, 0.29) is 37.3 Å². The number of halogens is 1. The summed E-state index contributed by atoms with van der Waals surface area (Å²) in [6.45, 7) is 10.2. The third-order valence-corrected chi connectivity index (χ3v) is 15.3. The summed E-state index contributed by atoms with van der Waals surface area (Å²) in [6.07, 6.45) is 7.59. The van der Waals surface area contributed by atoms with Crippen molar-refractivity contribution in [1.29, 1.82) is 0 Å². The molecule has 1 saturated heterocycles. The number of methoxy groups -OCH3 is 1. The molecule has 1 aromatic carbocycles. The first kappa shape index (κ1) is 43.2. The highest BCUT2D eigenvalue weighted by molar-refractivity contribution is 14.1. The van der Waals surface area contributed by atoms with Crippen LogP contribution < -0.4 is 29.6 Å². The lowest BCUT2D eigenvalue weighted by Gasteiger charge is -2.35. The van der Waals surface area contributed by atoms with E-state index < -0.39 is 68.7 Å². The van der Waals surface area contributed by atoms with Crippen molar-refractivity contribution >= 4 is 67.3 Å². The van der Waals surface area contributed by atoms with Gasteiger partial charge in [0.1, 0.15) is 35.2 Å². The van der Waals surface area contributed by atoms with Gasteiger partial charge in [-0.1, -0.05) is 39.2 Å². The fourth-order valence-corrected chi connectivity index (χ4v) is 11.2. The predicted molar refractivity (Wildman–Crippen MR) is 228 cm³/mol. The Balaban J connectivity index is 1.28. The molecule has 4 fully saturated rings. The molecule has 3 saturated carbocycles. The number of hydrogen-bond donors (Lipinski definition) is 3. The number of rotatable bonds is 10. The van der Waals surface area contributed by atoms with Crippen LogP contribution in [0.4, 0.5) is 4.79 Å². The molecule has 3 N–H and O–H groups in total. The van der Waals surface area contributed by atoms with Crippen molar-refractivity contribution in [2.45, 2.75) is 127 Å². The zero-order chi connectivity index (χ0) is 42.3. The number of cyclic esters (lactones) is 1. The smallest absolute Gasteiger partial charge is 0.407 e. The van der Waals surface area contributed by atoms with Crippen LogP contribution in [0.5, 0.6) is 17.4 Å². The maximum atomic E-state index is 15.0. The Labute approximate surface area is 359 Å². The molecule has 7 rings (SSSR count). The monoisotopic (exact) mass is 949 g/mol. The normalized spacial score (nSPS) is 27.7. The Hall–Kier alpha value is -3.87. The lowest BCUT2D eigenvalue weighted by molar-refractivity contribution is -0.142. The van der Waals surface area contributed by atoms with Gasteiger partial charge in [0.25, 0.3) is 5.91 Å². The predicted octanol–water partition coefficient (Wildman–Crippen LogP) is 5.30. The first-order chi connectivity index (χ1) is 28.1. The minimum Gasteiger partial charge on any atom is -0.495 e. The first-order valence-corrected chi connectivity index (χ1v) is 23.5. The summed E-state index contributed by atoms with van der Waals surface area (Å²) in [5, 5.41) is 5.85. The largest absolute Gasteiger partial charge is 0.495 e. The van der Waals surface area contributed by atoms with Crippen LogP contribution in [0.15, 0.2) is 24.8 Å². The summed E-state index contributed by atoms with van der Waals surface area (Å²) in [5.74, 6) is -1.15. The number of pyridine rings is 1. The fourth-order valence-electron chi connectivity index (χ4n) is 8.89. The lowest BCUT2D eigenvalue weighted by atomic mass is 9.83. The Kier molecular flexibility index (Phi) is 12.6. The average Bonchev–Trinajstić information content (AvgIpc) is 4.13. The molecule has 322 valence electrons. The van der Waals surface area contributed by atoms with E-state index in [1.165, 1.54) is 11.0 Å². The molecule has 1 unspecified atom stereocenters. The van der Waals surface area contributed by atoms with Crippen molar-refractivity contribution in [1.82, 2.24) is 25.2 Å². The number of aryl methyl sites for hydroxylation is 1. The number of aromatic nitrogens is 1. The molecule has 4 amide bonds. The van der Waals surface area contributed by atoms with Gasteiger partial charge in [-0.05, 0) is 104 Å². The molecule has 3 aliphatic carbocycles. The van der Waals surface area contributed by atoms with E-state index in [0.29, 0.717) is 61.6 Å². The topological polar surface area (TPSA) is 192 Å². The van der Waals surface area contributed by atoms with E-state index in [4.69, 9.17) is 23.9 Å². The molecular weight excluding hydrogens is 893 g/mol. The number of ether oxygens (including phenoxy) is 4. The van der Waals surface area contributed by atoms with Gasteiger partial charge in [-0.3, -0.25) is 19.1 Å². The van der Waals surface area contributed by atoms with Crippen molar-refractivity contribution in [2.24, 2.45) is 17.3 Å². The van der Waals surface area contributed by atoms with Gasteiger partial charge >= 0.3 is 6.09 Å². The number of nitrogens with zero attached hydrogens (tertiary/aromatic N) is 2. The number of fused-ring (bicyclic) bond motifs is 3. The minimum absolute atomic E-state index is 0.0159. The van der Waals surface area contributed by atoms with Crippen LogP contribution >= 0.6 is 22.6 Å². The van der Waals surface area contributed by atoms with Gasteiger partial charge < -0.3 is 34.5 Å². The molecule has 2 aliphatic heterocycles. The van der Waals surface area contributed by atoms with Crippen molar-refractivity contribution < 1.29 is 46.5 Å². The fraction of sp³-hybridized carbons (Fsp3) is 0.643. The Bertz CT molecular complexity index is 2110. The number of nitrogens with one attached hydrogen (secondary N) is 3. The van der Waals surface area contributed by atoms with E-state index in [2.05, 4.69) is 44.5 Å². The highest BCUT2D eigenvalue weighted by atomic mass is 127. The summed E-state index contributed by atoms with van der Waals surface area (Å²) in [6, 6.07) is 1.61. The molecule has 17 heteroatoms. The van der Waals surface area contributed by atoms with Crippen molar-refractivity contribution in [2.75, 3.05) is 26.9 Å². The molecule has 5 aliphatic rings. The zero-order valence-corrected chi connectivity index (χ0v) is 37.2. The average molecular weight is 950 g/mol. The molecule has 59 heavy (non-hydrogen) atoms. The third-order valence-electron chi connectivity index (χ3n) is 12.5. The molecule has 15 nitrogen and oxygen atoms in total. The SMILES string of the molecule is C=C[C@H]1CC1(NC(=O)[C@@H]1C[C@@H]2CN1C(=O)[C@H](C1CCCCC1)NC(=O)OCC(C)(C)CCCc1cc3c(cc(OCC)nc3c(I)c1OC)O2)C(=O)NS(=O)(=O)C1CC1. The van der Waals surface area contributed by atoms with E-state index in [9.17, 15) is 27.6 Å². The second kappa shape index (κ2) is 17.2. The summed E-state index contributed by atoms with van der Waals surface area (Å²) in [7, 11) is -2.29. The van der Waals surface area contributed by atoms with Crippen LogP contribution in [-0.4, -0.2) is 98.0 Å². The van der Waals surface area contributed by atoms with Crippen LogP contribution in [0.1, 0.15) is 97.0 Å². The Morgan fingerprint density at radius 3 is 2.54 bits per heavy atom. The van der Waals surface area contributed by atoms with Gasteiger partial charge in [0.2, 0.25) is 27.7 Å². The molecule has 0 radical (unpaired) electrons. The zero-order valence-electron chi connectivity index (χ0n) is 34.3. The van der Waals surface area contributed by atoms with Crippen LogP contribution in [-0.2, 0) is 35.6 Å². The molecule has 3 heterocycles. The molecule has 4 bridgehead atoms. The minimum atomic E-state index is -3.91. The lowest BCUT2D eigenvalue weighted by Crippen LogP contribution is -2.59. The summed E-state index contributed by atoms with van der Waals surface area (Å²) in [5.41, 5.74) is -0.378. The van der Waals surface area contributed by atoms with Crippen LogP contribution in [0.3, 0.4) is 0 Å². The second-order valence-electron chi connectivity index (χ2n) is 17.4.